The number of amides is 1. The molecule has 3 heteroatoms. The number of carbonyl (C=O) groups excluding carboxylic acids is 1. The Kier molecular flexibility index (Phi) is 4.26. The fraction of sp³-hybridized carbons (Fsp3) is 0.400. The average Bonchev–Trinajstić information content (AvgIpc) is 3.45. The maximum absolute atomic E-state index is 13.6. The van der Waals surface area contributed by atoms with Crippen LogP contribution in [0, 0.1) is 12.8 Å². The van der Waals surface area contributed by atoms with Gasteiger partial charge in [0, 0.05) is 29.7 Å². The van der Waals surface area contributed by atoms with Crippen LogP contribution in [0.5, 0.6) is 0 Å². The molecule has 0 bridgehead atoms. The Morgan fingerprint density at radius 2 is 1.71 bits per heavy atom. The Labute approximate surface area is 166 Å². The standard InChI is InChI=1S/C25H28N2O/c1-18-23(21-9-5-6-10-22(21)26-18)25(13-14-25)24(28)27-15-11-20(12-16-27)17-19-7-3-2-4-8-19/h2-10,20,26H,11-17H2,1H3. The van der Waals surface area contributed by atoms with Crippen LogP contribution in [-0.4, -0.2) is 28.9 Å². The average molecular weight is 373 g/mol. The van der Waals surface area contributed by atoms with Gasteiger partial charge in [0.15, 0.2) is 0 Å². The summed E-state index contributed by atoms with van der Waals surface area (Å²) in [5.41, 5.74) is 4.69. The number of likely N-dealkylation sites (tertiary alicyclic amines) is 1. The first kappa shape index (κ1) is 17.5. The second-order valence-corrected chi connectivity index (χ2v) is 8.68. The maximum atomic E-state index is 13.6. The first-order valence-electron chi connectivity index (χ1n) is 10.6. The molecule has 1 saturated carbocycles. The van der Waals surface area contributed by atoms with Crippen molar-refractivity contribution in [3.63, 3.8) is 0 Å². The van der Waals surface area contributed by atoms with Crippen LogP contribution in [0.15, 0.2) is 54.6 Å². The van der Waals surface area contributed by atoms with E-state index in [0.29, 0.717) is 11.8 Å². The number of para-hydroxylation sites is 1. The predicted molar refractivity (Wildman–Crippen MR) is 113 cm³/mol. The molecule has 144 valence electrons. The number of piperidine rings is 1. The number of carbonyl (C=O) groups is 1. The number of H-pyrrole nitrogens is 1. The Bertz CT molecular complexity index is 992. The van der Waals surface area contributed by atoms with Crippen LogP contribution < -0.4 is 0 Å². The van der Waals surface area contributed by atoms with Crippen LogP contribution in [0.4, 0.5) is 0 Å². The van der Waals surface area contributed by atoms with Crippen LogP contribution in [0.3, 0.4) is 0 Å². The monoisotopic (exact) mass is 372 g/mol. The van der Waals surface area contributed by atoms with E-state index >= 15 is 0 Å². The van der Waals surface area contributed by atoms with Crippen molar-refractivity contribution in [1.29, 1.82) is 0 Å². The van der Waals surface area contributed by atoms with Gasteiger partial charge in [0.2, 0.25) is 5.91 Å². The summed E-state index contributed by atoms with van der Waals surface area (Å²) >= 11 is 0. The van der Waals surface area contributed by atoms with E-state index in [1.807, 2.05) is 0 Å². The molecule has 1 saturated heterocycles. The molecule has 3 aromatic rings. The van der Waals surface area contributed by atoms with Gasteiger partial charge in [-0.2, -0.15) is 0 Å². The molecule has 1 amide bonds. The topological polar surface area (TPSA) is 36.1 Å². The molecule has 2 fully saturated rings. The minimum absolute atomic E-state index is 0.282. The lowest BCUT2D eigenvalue weighted by Gasteiger charge is -2.34. The van der Waals surface area contributed by atoms with Crippen molar-refractivity contribution in [1.82, 2.24) is 9.88 Å². The number of benzene rings is 2. The van der Waals surface area contributed by atoms with E-state index in [0.717, 1.165) is 56.4 Å². The molecule has 0 radical (unpaired) electrons. The minimum atomic E-state index is -0.282. The number of rotatable bonds is 4. The summed E-state index contributed by atoms with van der Waals surface area (Å²) in [6.45, 7) is 3.92. The van der Waals surface area contributed by atoms with E-state index in [-0.39, 0.29) is 5.41 Å². The van der Waals surface area contributed by atoms with Crippen LogP contribution in [-0.2, 0) is 16.6 Å². The quantitative estimate of drug-likeness (QED) is 0.688. The highest BCUT2D eigenvalue weighted by Gasteiger charge is 2.55. The molecule has 1 aliphatic carbocycles. The Balaban J connectivity index is 1.31. The van der Waals surface area contributed by atoms with Gasteiger partial charge in [0.05, 0.1) is 5.41 Å². The number of aryl methyl sites for hydroxylation is 1. The lowest BCUT2D eigenvalue weighted by molar-refractivity contribution is -0.135. The highest BCUT2D eigenvalue weighted by molar-refractivity contribution is 5.98. The van der Waals surface area contributed by atoms with Crippen molar-refractivity contribution in [2.45, 2.75) is 44.4 Å². The number of hydrogen-bond donors (Lipinski definition) is 1. The summed E-state index contributed by atoms with van der Waals surface area (Å²) in [6.07, 6.45) is 5.33. The Morgan fingerprint density at radius 1 is 1.04 bits per heavy atom. The SMILES string of the molecule is Cc1[nH]c2ccccc2c1C1(C(=O)N2CCC(Cc3ccccc3)CC2)CC1. The first-order chi connectivity index (χ1) is 13.7. The molecule has 2 heterocycles. The molecule has 3 nitrogen and oxygen atoms in total. The second kappa shape index (κ2) is 6.80. The van der Waals surface area contributed by atoms with Gasteiger partial charge in [-0.3, -0.25) is 4.79 Å². The Hall–Kier alpha value is -2.55. The highest BCUT2D eigenvalue weighted by Crippen LogP contribution is 2.53. The lowest BCUT2D eigenvalue weighted by atomic mass is 9.87. The molecule has 5 rings (SSSR count). The number of nitrogens with one attached hydrogen (secondary N) is 1. The summed E-state index contributed by atoms with van der Waals surface area (Å²) < 4.78 is 0. The smallest absolute Gasteiger partial charge is 0.233 e. The molecule has 0 spiro atoms. The van der Waals surface area contributed by atoms with Gasteiger partial charge in [-0.15, -0.1) is 0 Å². The third-order valence-electron chi connectivity index (χ3n) is 6.80. The molecule has 1 aliphatic heterocycles. The van der Waals surface area contributed by atoms with E-state index in [2.05, 4.69) is 71.4 Å². The summed E-state index contributed by atoms with van der Waals surface area (Å²) in [5, 5.41) is 1.23. The number of hydrogen-bond acceptors (Lipinski definition) is 1. The van der Waals surface area contributed by atoms with Gasteiger partial charge in [-0.25, -0.2) is 0 Å². The molecular weight excluding hydrogens is 344 g/mol. The number of nitrogens with zero attached hydrogens (tertiary/aromatic N) is 1. The molecule has 2 aromatic carbocycles. The van der Waals surface area contributed by atoms with Gasteiger partial charge in [-0.1, -0.05) is 48.5 Å². The van der Waals surface area contributed by atoms with Crippen molar-refractivity contribution in [3.8, 4) is 0 Å². The third-order valence-corrected chi connectivity index (χ3v) is 6.80. The van der Waals surface area contributed by atoms with E-state index in [4.69, 9.17) is 0 Å². The lowest BCUT2D eigenvalue weighted by Crippen LogP contribution is -2.44. The summed E-state index contributed by atoms with van der Waals surface area (Å²) in [4.78, 5) is 19.2. The third kappa shape index (κ3) is 2.94. The van der Waals surface area contributed by atoms with E-state index in [1.54, 1.807) is 0 Å². The fourth-order valence-corrected chi connectivity index (χ4v) is 5.18. The molecule has 28 heavy (non-hydrogen) atoms. The fourth-order valence-electron chi connectivity index (χ4n) is 5.18. The van der Waals surface area contributed by atoms with Crippen molar-refractivity contribution < 1.29 is 4.79 Å². The van der Waals surface area contributed by atoms with Crippen LogP contribution in [0.1, 0.15) is 42.5 Å². The molecule has 1 N–H and O–H groups in total. The minimum Gasteiger partial charge on any atom is -0.358 e. The summed E-state index contributed by atoms with van der Waals surface area (Å²) in [6, 6.07) is 19.2. The molecule has 0 atom stereocenters. The second-order valence-electron chi connectivity index (χ2n) is 8.68. The Morgan fingerprint density at radius 3 is 2.43 bits per heavy atom. The van der Waals surface area contributed by atoms with Gasteiger partial charge in [0.1, 0.15) is 0 Å². The van der Waals surface area contributed by atoms with Crippen molar-refractivity contribution >= 4 is 16.8 Å². The number of aromatic nitrogens is 1. The molecule has 2 aliphatic rings. The van der Waals surface area contributed by atoms with Gasteiger partial charge >= 0.3 is 0 Å². The summed E-state index contributed by atoms with van der Waals surface area (Å²) in [7, 11) is 0. The first-order valence-corrected chi connectivity index (χ1v) is 10.6. The molecule has 1 aromatic heterocycles. The summed E-state index contributed by atoms with van der Waals surface area (Å²) in [5.74, 6) is 1.05. The van der Waals surface area contributed by atoms with E-state index in [1.165, 1.54) is 16.5 Å². The van der Waals surface area contributed by atoms with Crippen LogP contribution in [0.25, 0.3) is 10.9 Å². The number of aromatic amines is 1. The largest absolute Gasteiger partial charge is 0.358 e. The molecular formula is C25H28N2O. The van der Waals surface area contributed by atoms with E-state index < -0.39 is 0 Å². The zero-order chi connectivity index (χ0) is 19.1. The highest BCUT2D eigenvalue weighted by atomic mass is 16.2. The zero-order valence-electron chi connectivity index (χ0n) is 16.6. The van der Waals surface area contributed by atoms with Crippen molar-refractivity contribution in [2.24, 2.45) is 5.92 Å². The number of fused-ring (bicyclic) bond motifs is 1. The van der Waals surface area contributed by atoms with Gasteiger partial charge < -0.3 is 9.88 Å². The van der Waals surface area contributed by atoms with Crippen LogP contribution >= 0.6 is 0 Å². The van der Waals surface area contributed by atoms with Gasteiger partial charge in [-0.05, 0) is 62.1 Å². The zero-order valence-corrected chi connectivity index (χ0v) is 16.6. The van der Waals surface area contributed by atoms with Gasteiger partial charge in [0.25, 0.3) is 0 Å². The van der Waals surface area contributed by atoms with Crippen LogP contribution in [0.2, 0.25) is 0 Å². The maximum Gasteiger partial charge on any atom is 0.233 e. The normalized spacial score (nSPS) is 19.1. The van der Waals surface area contributed by atoms with E-state index in [9.17, 15) is 4.79 Å². The predicted octanol–water partition coefficient (Wildman–Crippen LogP) is 4.99. The van der Waals surface area contributed by atoms with Crippen molar-refractivity contribution in [3.05, 3.63) is 71.4 Å². The molecule has 0 unspecified atom stereocenters. The van der Waals surface area contributed by atoms with Crippen molar-refractivity contribution in [2.75, 3.05) is 13.1 Å².